The Hall–Kier alpha value is -3.20. The Balaban J connectivity index is 0.00000324. The number of pyridine rings is 1. The molecule has 9 heteroatoms. The molecule has 1 fully saturated rings. The van der Waals surface area contributed by atoms with Crippen LogP contribution in [0.5, 0.6) is 5.75 Å². The van der Waals surface area contributed by atoms with E-state index in [1.54, 1.807) is 37.6 Å². The lowest BCUT2D eigenvalue weighted by molar-refractivity contribution is -0.111. The molecular weight excluding hydrogens is 459 g/mol. The van der Waals surface area contributed by atoms with E-state index in [1.165, 1.54) is 31.4 Å². The summed E-state index contributed by atoms with van der Waals surface area (Å²) < 4.78 is 19.0. The SMILES string of the molecule is COc1cc2nccc(Nc3ccc(F)c(Cl)c3)c2cc1NC(=O)/C=C/CN1CCCCC1.O. The minimum absolute atomic E-state index is 0. The fourth-order valence-electron chi connectivity index (χ4n) is 3.90. The van der Waals surface area contributed by atoms with Crippen molar-refractivity contribution in [1.29, 1.82) is 0 Å². The lowest BCUT2D eigenvalue weighted by Gasteiger charge is -2.24. The van der Waals surface area contributed by atoms with Gasteiger partial charge in [0.05, 0.1) is 23.3 Å². The molecule has 1 aliphatic heterocycles. The number of hydrogen-bond donors (Lipinski definition) is 2. The number of nitrogens with one attached hydrogen (secondary N) is 2. The molecule has 1 aromatic heterocycles. The fraction of sp³-hybridized carbons (Fsp3) is 0.280. The second-order valence-corrected chi connectivity index (χ2v) is 8.34. The quantitative estimate of drug-likeness (QED) is 0.461. The molecule has 4 N–H and O–H groups in total. The van der Waals surface area contributed by atoms with Crippen molar-refractivity contribution < 1.29 is 19.4 Å². The van der Waals surface area contributed by atoms with Crippen molar-refractivity contribution in [3.8, 4) is 5.75 Å². The number of hydrogen-bond acceptors (Lipinski definition) is 5. The van der Waals surface area contributed by atoms with Gasteiger partial charge >= 0.3 is 0 Å². The molecule has 0 spiro atoms. The Labute approximate surface area is 202 Å². The van der Waals surface area contributed by atoms with Crippen molar-refractivity contribution in [3.05, 3.63) is 65.6 Å². The summed E-state index contributed by atoms with van der Waals surface area (Å²) in [6, 6.07) is 9.81. The molecule has 180 valence electrons. The summed E-state index contributed by atoms with van der Waals surface area (Å²) in [6.45, 7) is 2.92. The van der Waals surface area contributed by atoms with Crippen LogP contribution in [0.25, 0.3) is 10.9 Å². The molecule has 7 nitrogen and oxygen atoms in total. The van der Waals surface area contributed by atoms with Crippen LogP contribution in [0, 0.1) is 5.82 Å². The first-order chi connectivity index (χ1) is 16.0. The number of fused-ring (bicyclic) bond motifs is 1. The molecule has 4 rings (SSSR count). The Kier molecular flexibility index (Phi) is 8.81. The molecule has 3 aromatic rings. The molecule has 0 saturated carbocycles. The van der Waals surface area contributed by atoms with Crippen molar-refractivity contribution in [2.45, 2.75) is 19.3 Å². The van der Waals surface area contributed by atoms with Crippen molar-refractivity contribution in [3.63, 3.8) is 0 Å². The van der Waals surface area contributed by atoms with Gasteiger partial charge in [0, 0.05) is 41.6 Å². The van der Waals surface area contributed by atoms with Crippen LogP contribution in [-0.4, -0.2) is 48.0 Å². The number of halogens is 2. The zero-order chi connectivity index (χ0) is 23.2. The van der Waals surface area contributed by atoms with E-state index in [0.717, 1.165) is 30.7 Å². The van der Waals surface area contributed by atoms with Gasteiger partial charge in [-0.25, -0.2) is 4.39 Å². The van der Waals surface area contributed by atoms with Gasteiger partial charge in [0.2, 0.25) is 5.91 Å². The summed E-state index contributed by atoms with van der Waals surface area (Å²) in [6.07, 6.45) is 8.81. The summed E-state index contributed by atoms with van der Waals surface area (Å²) in [5.74, 6) is -0.201. The first kappa shape index (κ1) is 25.4. The predicted molar refractivity (Wildman–Crippen MR) is 135 cm³/mol. The maximum absolute atomic E-state index is 13.5. The lowest BCUT2D eigenvalue weighted by Crippen LogP contribution is -2.29. The molecule has 1 aliphatic rings. The Morgan fingerprint density at radius 1 is 1.18 bits per heavy atom. The third-order valence-electron chi connectivity index (χ3n) is 5.60. The highest BCUT2D eigenvalue weighted by molar-refractivity contribution is 6.31. The van der Waals surface area contributed by atoms with Crippen LogP contribution < -0.4 is 15.4 Å². The van der Waals surface area contributed by atoms with Crippen molar-refractivity contribution in [1.82, 2.24) is 9.88 Å². The van der Waals surface area contributed by atoms with Crippen LogP contribution in [0.3, 0.4) is 0 Å². The number of aromatic nitrogens is 1. The Morgan fingerprint density at radius 2 is 1.97 bits per heavy atom. The summed E-state index contributed by atoms with van der Waals surface area (Å²) >= 11 is 5.91. The minimum atomic E-state index is -0.482. The fourth-order valence-corrected chi connectivity index (χ4v) is 4.08. The van der Waals surface area contributed by atoms with Crippen LogP contribution >= 0.6 is 11.6 Å². The summed E-state index contributed by atoms with van der Waals surface area (Å²) in [5, 5.41) is 6.94. The first-order valence-electron chi connectivity index (χ1n) is 10.9. The standard InChI is InChI=1S/C25H26ClFN4O2.H2O/c1-33-24-16-22-18(21(9-10-28-22)29-17-7-8-20(27)19(26)14-17)15-23(24)30-25(32)6-5-13-31-11-3-2-4-12-31;/h5-10,14-16H,2-4,11-13H2,1H3,(H,28,29)(H,30,32);1H2/b6-5+;. The van der Waals surface area contributed by atoms with Gasteiger partial charge in [0.15, 0.2) is 0 Å². The Morgan fingerprint density at radius 3 is 2.71 bits per heavy atom. The van der Waals surface area contributed by atoms with E-state index in [2.05, 4.69) is 20.5 Å². The minimum Gasteiger partial charge on any atom is -0.494 e. The third kappa shape index (κ3) is 6.22. The van der Waals surface area contributed by atoms with Gasteiger partial charge in [0.25, 0.3) is 0 Å². The van der Waals surface area contributed by atoms with Crippen LogP contribution in [0.4, 0.5) is 21.5 Å². The van der Waals surface area contributed by atoms with Crippen molar-refractivity contribution >= 4 is 45.5 Å². The number of benzene rings is 2. The molecule has 0 bridgehead atoms. The molecule has 2 aromatic carbocycles. The summed E-state index contributed by atoms with van der Waals surface area (Å²) in [5.41, 5.74) is 2.59. The molecule has 34 heavy (non-hydrogen) atoms. The number of carbonyl (C=O) groups excluding carboxylic acids is 1. The highest BCUT2D eigenvalue weighted by Crippen LogP contribution is 2.34. The number of piperidine rings is 1. The highest BCUT2D eigenvalue weighted by Gasteiger charge is 2.13. The van der Waals surface area contributed by atoms with Gasteiger partial charge in [-0.3, -0.25) is 14.7 Å². The molecule has 1 amide bonds. The predicted octanol–water partition coefficient (Wildman–Crippen LogP) is 4.94. The number of ether oxygens (including phenoxy) is 1. The van der Waals surface area contributed by atoms with E-state index >= 15 is 0 Å². The zero-order valence-electron chi connectivity index (χ0n) is 18.9. The van der Waals surface area contributed by atoms with Gasteiger partial charge in [-0.15, -0.1) is 0 Å². The van der Waals surface area contributed by atoms with E-state index in [9.17, 15) is 9.18 Å². The molecule has 0 atom stereocenters. The number of carbonyl (C=O) groups is 1. The molecule has 1 saturated heterocycles. The summed E-state index contributed by atoms with van der Waals surface area (Å²) in [4.78, 5) is 19.3. The van der Waals surface area contributed by atoms with Gasteiger partial charge < -0.3 is 20.8 Å². The largest absolute Gasteiger partial charge is 0.494 e. The topological polar surface area (TPSA) is 98.0 Å². The summed E-state index contributed by atoms with van der Waals surface area (Å²) in [7, 11) is 1.55. The van der Waals surface area contributed by atoms with Crippen LogP contribution in [0.1, 0.15) is 19.3 Å². The highest BCUT2D eigenvalue weighted by atomic mass is 35.5. The van der Waals surface area contributed by atoms with E-state index in [-0.39, 0.29) is 16.4 Å². The lowest BCUT2D eigenvalue weighted by atomic mass is 10.1. The van der Waals surface area contributed by atoms with E-state index in [0.29, 0.717) is 22.6 Å². The van der Waals surface area contributed by atoms with Gasteiger partial charge in [-0.05, 0) is 56.3 Å². The smallest absolute Gasteiger partial charge is 0.248 e. The molecule has 0 radical (unpaired) electrons. The molecular formula is C25H28ClFN4O3. The number of amides is 1. The number of rotatable bonds is 7. The number of methoxy groups -OCH3 is 1. The van der Waals surface area contributed by atoms with Crippen LogP contribution in [0.15, 0.2) is 54.7 Å². The number of likely N-dealkylation sites (tertiary alicyclic amines) is 1. The van der Waals surface area contributed by atoms with E-state index < -0.39 is 5.82 Å². The average molecular weight is 487 g/mol. The second-order valence-electron chi connectivity index (χ2n) is 7.93. The van der Waals surface area contributed by atoms with Gasteiger partial charge in [-0.1, -0.05) is 24.1 Å². The van der Waals surface area contributed by atoms with Crippen LogP contribution in [-0.2, 0) is 4.79 Å². The maximum Gasteiger partial charge on any atom is 0.248 e. The Bertz CT molecular complexity index is 1180. The van der Waals surface area contributed by atoms with Crippen molar-refractivity contribution in [2.24, 2.45) is 0 Å². The number of nitrogens with zero attached hydrogens (tertiary/aromatic N) is 2. The van der Waals surface area contributed by atoms with E-state index in [4.69, 9.17) is 16.3 Å². The number of anilines is 3. The van der Waals surface area contributed by atoms with Gasteiger partial charge in [-0.2, -0.15) is 0 Å². The maximum atomic E-state index is 13.5. The average Bonchev–Trinajstić information content (AvgIpc) is 2.82. The van der Waals surface area contributed by atoms with Crippen molar-refractivity contribution in [2.75, 3.05) is 37.4 Å². The third-order valence-corrected chi connectivity index (χ3v) is 5.89. The first-order valence-corrected chi connectivity index (χ1v) is 11.3. The van der Waals surface area contributed by atoms with E-state index in [1.807, 2.05) is 12.1 Å². The van der Waals surface area contributed by atoms with Crippen LogP contribution in [0.2, 0.25) is 5.02 Å². The zero-order valence-corrected chi connectivity index (χ0v) is 19.7. The monoisotopic (exact) mass is 486 g/mol. The molecule has 0 aliphatic carbocycles. The molecule has 0 unspecified atom stereocenters. The second kappa shape index (κ2) is 11.8. The normalized spacial score (nSPS) is 14.1. The molecule has 2 heterocycles. The van der Waals surface area contributed by atoms with Gasteiger partial charge in [0.1, 0.15) is 11.6 Å².